The number of benzene rings is 1. The zero-order valence-corrected chi connectivity index (χ0v) is 14.5. The molecular weight excluding hydrogens is 346 g/mol. The average Bonchev–Trinajstić information content (AvgIpc) is 2.90. The molecule has 2 aromatic rings. The average molecular weight is 365 g/mol. The van der Waals surface area contributed by atoms with Crippen LogP contribution in [0.25, 0.3) is 11.3 Å². The number of rotatable bonds is 4. The van der Waals surface area contributed by atoms with Crippen molar-refractivity contribution in [2.75, 3.05) is 29.5 Å². The third-order valence-corrected chi connectivity index (χ3v) is 5.81. The van der Waals surface area contributed by atoms with E-state index in [1.165, 1.54) is 12.1 Å². The summed E-state index contributed by atoms with van der Waals surface area (Å²) in [6, 6.07) is 6.27. The summed E-state index contributed by atoms with van der Waals surface area (Å²) in [5, 5.41) is 18.9. The van der Waals surface area contributed by atoms with Gasteiger partial charge in [-0.1, -0.05) is 6.07 Å². The highest BCUT2D eigenvalue weighted by Crippen LogP contribution is 2.38. The molecule has 1 saturated heterocycles. The molecule has 0 unspecified atom stereocenters. The molecule has 7 nitrogen and oxygen atoms in total. The van der Waals surface area contributed by atoms with Crippen LogP contribution in [0.15, 0.2) is 28.7 Å². The number of hydrogen-bond acceptors (Lipinski definition) is 6. The van der Waals surface area contributed by atoms with Gasteiger partial charge in [0.2, 0.25) is 0 Å². The number of carboxylic acids is 1. The molecule has 0 bridgehead atoms. The van der Waals surface area contributed by atoms with Gasteiger partial charge in [-0.2, -0.15) is 0 Å². The van der Waals surface area contributed by atoms with Crippen LogP contribution in [-0.4, -0.2) is 49.2 Å². The summed E-state index contributed by atoms with van der Waals surface area (Å²) in [6.07, 6.45) is -0.205. The fourth-order valence-electron chi connectivity index (χ4n) is 2.97. The van der Waals surface area contributed by atoms with E-state index >= 15 is 0 Å². The minimum atomic E-state index is -3.02. The molecule has 0 amide bonds. The van der Waals surface area contributed by atoms with Gasteiger partial charge in [-0.05, 0) is 24.6 Å². The highest BCUT2D eigenvalue weighted by molar-refractivity contribution is 7.91. The standard InChI is InChI=1S/C17H19NO6S/c1-11-8-15(18-4-6-25(22,23)7-5-18)17(24-11)14-10-13(19)3-2-12(14)9-16(20)21/h2-3,8,10,19H,4-7,9H2,1H3,(H,20,21). The summed E-state index contributed by atoms with van der Waals surface area (Å²) in [6.45, 7) is 2.47. The predicted octanol–water partition coefficient (Wildman–Crippen LogP) is 1.82. The molecule has 134 valence electrons. The van der Waals surface area contributed by atoms with Crippen LogP contribution >= 0.6 is 0 Å². The lowest BCUT2D eigenvalue weighted by atomic mass is 10.0. The predicted molar refractivity (Wildman–Crippen MR) is 92.8 cm³/mol. The number of aromatic hydroxyl groups is 1. The van der Waals surface area contributed by atoms with Crippen molar-refractivity contribution in [3.8, 4) is 17.1 Å². The maximum Gasteiger partial charge on any atom is 0.307 e. The first-order valence-electron chi connectivity index (χ1n) is 7.85. The third-order valence-electron chi connectivity index (χ3n) is 4.20. The number of hydrogen-bond donors (Lipinski definition) is 2. The minimum Gasteiger partial charge on any atom is -0.508 e. The largest absolute Gasteiger partial charge is 0.508 e. The molecule has 0 atom stereocenters. The van der Waals surface area contributed by atoms with Gasteiger partial charge in [-0.3, -0.25) is 4.79 Å². The molecule has 0 aliphatic carbocycles. The lowest BCUT2D eigenvalue weighted by Crippen LogP contribution is -2.40. The highest BCUT2D eigenvalue weighted by atomic mass is 32.2. The number of phenols is 1. The summed E-state index contributed by atoms with van der Waals surface area (Å²) < 4.78 is 29.1. The number of phenolic OH excluding ortho intramolecular Hbond substituents is 1. The number of furan rings is 1. The van der Waals surface area contributed by atoms with Gasteiger partial charge in [0.1, 0.15) is 11.5 Å². The summed E-state index contributed by atoms with van der Waals surface area (Å²) in [4.78, 5) is 13.0. The maximum atomic E-state index is 11.7. The molecule has 1 aromatic carbocycles. The van der Waals surface area contributed by atoms with Gasteiger partial charge in [0, 0.05) is 24.7 Å². The first kappa shape index (κ1) is 17.3. The highest BCUT2D eigenvalue weighted by Gasteiger charge is 2.26. The fourth-order valence-corrected chi connectivity index (χ4v) is 4.18. The molecule has 0 spiro atoms. The molecular formula is C17H19NO6S. The Kier molecular flexibility index (Phi) is 4.47. The second-order valence-electron chi connectivity index (χ2n) is 6.12. The molecule has 0 radical (unpaired) electrons. The number of aliphatic carboxylic acids is 1. The van der Waals surface area contributed by atoms with Crippen molar-refractivity contribution < 1.29 is 27.8 Å². The number of carboxylic acid groups (broad SMARTS) is 1. The van der Waals surface area contributed by atoms with E-state index < -0.39 is 15.8 Å². The number of anilines is 1. The Morgan fingerprint density at radius 3 is 2.56 bits per heavy atom. The van der Waals surface area contributed by atoms with Gasteiger partial charge in [0.15, 0.2) is 15.6 Å². The first-order chi connectivity index (χ1) is 11.7. The topological polar surface area (TPSA) is 108 Å². The van der Waals surface area contributed by atoms with Crippen molar-refractivity contribution in [2.24, 2.45) is 0 Å². The van der Waals surface area contributed by atoms with Crippen molar-refractivity contribution in [1.82, 2.24) is 0 Å². The first-order valence-corrected chi connectivity index (χ1v) is 9.67. The normalized spacial score (nSPS) is 16.8. The Morgan fingerprint density at radius 1 is 1.24 bits per heavy atom. The Balaban J connectivity index is 2.04. The fraction of sp³-hybridized carbons (Fsp3) is 0.353. The SMILES string of the molecule is Cc1cc(N2CCS(=O)(=O)CC2)c(-c2cc(O)ccc2CC(=O)O)o1. The van der Waals surface area contributed by atoms with E-state index in [1.807, 2.05) is 11.0 Å². The van der Waals surface area contributed by atoms with Gasteiger partial charge < -0.3 is 19.5 Å². The molecule has 1 aliphatic heterocycles. The molecule has 1 aromatic heterocycles. The summed E-state index contributed by atoms with van der Waals surface area (Å²) in [7, 11) is -3.02. The molecule has 3 rings (SSSR count). The maximum absolute atomic E-state index is 11.7. The van der Waals surface area contributed by atoms with Crippen LogP contribution in [0, 0.1) is 6.92 Å². The molecule has 1 aliphatic rings. The molecule has 2 heterocycles. The van der Waals surface area contributed by atoms with Crippen molar-refractivity contribution in [3.05, 3.63) is 35.6 Å². The Labute approximate surface area is 145 Å². The van der Waals surface area contributed by atoms with Crippen molar-refractivity contribution in [3.63, 3.8) is 0 Å². The third kappa shape index (κ3) is 3.79. The molecule has 8 heteroatoms. The molecule has 25 heavy (non-hydrogen) atoms. The zero-order chi connectivity index (χ0) is 18.2. The van der Waals surface area contributed by atoms with E-state index in [-0.39, 0.29) is 23.7 Å². The lowest BCUT2D eigenvalue weighted by Gasteiger charge is -2.28. The van der Waals surface area contributed by atoms with Gasteiger partial charge >= 0.3 is 5.97 Å². The summed E-state index contributed by atoms with van der Waals surface area (Å²) >= 11 is 0. The van der Waals surface area contributed by atoms with Crippen LogP contribution in [0.3, 0.4) is 0 Å². The van der Waals surface area contributed by atoms with Gasteiger partial charge in [-0.15, -0.1) is 0 Å². The van der Waals surface area contributed by atoms with E-state index in [9.17, 15) is 18.3 Å². The number of aryl methyl sites for hydroxylation is 1. The molecule has 2 N–H and O–H groups in total. The smallest absolute Gasteiger partial charge is 0.307 e. The van der Waals surface area contributed by atoms with Gasteiger partial charge in [0.05, 0.1) is 23.6 Å². The number of carbonyl (C=O) groups is 1. The Bertz CT molecular complexity index is 901. The monoisotopic (exact) mass is 365 g/mol. The minimum absolute atomic E-state index is 0.00497. The second-order valence-corrected chi connectivity index (χ2v) is 8.43. The van der Waals surface area contributed by atoms with E-state index in [4.69, 9.17) is 9.52 Å². The van der Waals surface area contributed by atoms with E-state index in [2.05, 4.69) is 0 Å². The Hall–Kier alpha value is -2.48. The van der Waals surface area contributed by atoms with Crippen LogP contribution in [0.5, 0.6) is 5.75 Å². The lowest BCUT2D eigenvalue weighted by molar-refractivity contribution is -0.136. The summed E-state index contributed by atoms with van der Waals surface area (Å²) in [5.74, 6) is 0.232. The Morgan fingerprint density at radius 2 is 1.92 bits per heavy atom. The van der Waals surface area contributed by atoms with E-state index in [0.29, 0.717) is 41.4 Å². The quantitative estimate of drug-likeness (QED) is 0.851. The number of nitrogens with zero attached hydrogens (tertiary/aromatic N) is 1. The molecule has 0 saturated carbocycles. The van der Waals surface area contributed by atoms with Crippen molar-refractivity contribution in [1.29, 1.82) is 0 Å². The van der Waals surface area contributed by atoms with Crippen molar-refractivity contribution in [2.45, 2.75) is 13.3 Å². The van der Waals surface area contributed by atoms with Gasteiger partial charge in [-0.25, -0.2) is 8.42 Å². The molecule has 1 fully saturated rings. The van der Waals surface area contributed by atoms with Gasteiger partial charge in [0.25, 0.3) is 0 Å². The summed E-state index contributed by atoms with van der Waals surface area (Å²) in [5.41, 5.74) is 1.73. The van der Waals surface area contributed by atoms with E-state index in [0.717, 1.165) is 0 Å². The second kappa shape index (κ2) is 6.44. The van der Waals surface area contributed by atoms with Crippen LogP contribution in [-0.2, 0) is 21.1 Å². The van der Waals surface area contributed by atoms with Crippen LogP contribution in [0.1, 0.15) is 11.3 Å². The van der Waals surface area contributed by atoms with E-state index in [1.54, 1.807) is 13.0 Å². The van der Waals surface area contributed by atoms with Crippen LogP contribution in [0.2, 0.25) is 0 Å². The van der Waals surface area contributed by atoms with Crippen molar-refractivity contribution >= 4 is 21.5 Å². The van der Waals surface area contributed by atoms with Crippen LogP contribution in [0.4, 0.5) is 5.69 Å². The zero-order valence-electron chi connectivity index (χ0n) is 13.7. The number of sulfone groups is 1. The van der Waals surface area contributed by atoms with Crippen LogP contribution < -0.4 is 4.90 Å².